The molecule has 0 radical (unpaired) electrons. The number of aromatic nitrogens is 2. The van der Waals surface area contributed by atoms with Gasteiger partial charge in [0.05, 0.1) is 10.9 Å². The summed E-state index contributed by atoms with van der Waals surface area (Å²) in [5.74, 6) is -0.0529. The molecule has 2 heterocycles. The third kappa shape index (κ3) is 2.90. The summed E-state index contributed by atoms with van der Waals surface area (Å²) >= 11 is 5.20. The summed E-state index contributed by atoms with van der Waals surface area (Å²) < 4.78 is 1.73. The van der Waals surface area contributed by atoms with Gasteiger partial charge in [0.2, 0.25) is 0 Å². The van der Waals surface area contributed by atoms with Crippen LogP contribution in [0.5, 0.6) is 0 Å². The number of benzene rings is 2. The number of fused-ring (bicyclic) bond motifs is 2. The van der Waals surface area contributed by atoms with Crippen molar-refractivity contribution in [3.8, 4) is 0 Å². The molecule has 4 rings (SSSR count). The minimum Gasteiger partial charge on any atom is -0.332 e. The summed E-state index contributed by atoms with van der Waals surface area (Å²) in [5.41, 5.74) is 5.60. The lowest BCUT2D eigenvalue weighted by Crippen LogP contribution is -2.36. The van der Waals surface area contributed by atoms with Crippen LogP contribution in [0.4, 0.5) is 5.69 Å². The van der Waals surface area contributed by atoms with Crippen molar-refractivity contribution >= 4 is 34.7 Å². The van der Waals surface area contributed by atoms with Gasteiger partial charge in [0.15, 0.2) is 4.77 Å². The zero-order valence-electron chi connectivity index (χ0n) is 15.6. The first-order chi connectivity index (χ1) is 12.9. The molecule has 0 saturated heterocycles. The normalized spacial score (nSPS) is 13.7. The molecule has 27 heavy (non-hydrogen) atoms. The molecule has 1 amide bonds. The maximum Gasteiger partial charge on any atom is 0.261 e. The van der Waals surface area contributed by atoms with Gasteiger partial charge in [0.25, 0.3) is 11.5 Å². The summed E-state index contributed by atoms with van der Waals surface area (Å²) in [6, 6.07) is 9.40. The van der Waals surface area contributed by atoms with Gasteiger partial charge in [-0.15, -0.1) is 0 Å². The second kappa shape index (κ2) is 6.46. The minimum absolute atomic E-state index is 0.0529. The van der Waals surface area contributed by atoms with Crippen LogP contribution in [-0.2, 0) is 13.5 Å². The van der Waals surface area contributed by atoms with Crippen LogP contribution in [0.2, 0.25) is 0 Å². The molecule has 0 atom stereocenters. The van der Waals surface area contributed by atoms with Crippen LogP contribution in [0, 0.1) is 18.6 Å². The van der Waals surface area contributed by atoms with Crippen molar-refractivity contribution in [1.82, 2.24) is 9.55 Å². The predicted molar refractivity (Wildman–Crippen MR) is 110 cm³/mol. The Labute approximate surface area is 162 Å². The second-order valence-corrected chi connectivity index (χ2v) is 7.58. The highest BCUT2D eigenvalue weighted by molar-refractivity contribution is 7.71. The lowest BCUT2D eigenvalue weighted by Gasteiger charge is -2.31. The number of H-pyrrole nitrogens is 1. The SMILES string of the molecule is Cc1cc(C)c2c(c1)N(C(=O)c1ccc3c(=O)n(C)c(=S)[nH]c3c1)CCC2. The molecule has 0 bridgehead atoms. The molecular weight excluding hydrogens is 358 g/mol. The van der Waals surface area contributed by atoms with Gasteiger partial charge in [0.1, 0.15) is 0 Å². The van der Waals surface area contributed by atoms with Crippen molar-refractivity contribution in [3.05, 3.63) is 67.7 Å². The molecule has 0 unspecified atom stereocenters. The largest absolute Gasteiger partial charge is 0.332 e. The van der Waals surface area contributed by atoms with Crippen molar-refractivity contribution < 1.29 is 4.79 Å². The zero-order valence-corrected chi connectivity index (χ0v) is 16.4. The fourth-order valence-corrected chi connectivity index (χ4v) is 4.07. The molecule has 1 N–H and O–H groups in total. The van der Waals surface area contributed by atoms with Gasteiger partial charge in [-0.2, -0.15) is 0 Å². The quantitative estimate of drug-likeness (QED) is 0.654. The van der Waals surface area contributed by atoms with Crippen LogP contribution in [-0.4, -0.2) is 22.0 Å². The van der Waals surface area contributed by atoms with Crippen LogP contribution in [0.3, 0.4) is 0 Å². The number of hydrogen-bond donors (Lipinski definition) is 1. The Bertz CT molecular complexity index is 1210. The van der Waals surface area contributed by atoms with Crippen LogP contribution < -0.4 is 10.5 Å². The van der Waals surface area contributed by atoms with Crippen molar-refractivity contribution in [1.29, 1.82) is 0 Å². The van der Waals surface area contributed by atoms with Crippen LogP contribution in [0.25, 0.3) is 10.9 Å². The Kier molecular flexibility index (Phi) is 4.23. The Balaban J connectivity index is 1.82. The standard InChI is InChI=1S/C21H21N3O2S/c1-12-9-13(2)15-5-4-8-24(18(15)10-12)19(25)14-6-7-16-17(11-14)22-21(27)23(3)20(16)26/h6-7,9-11H,4-5,8H2,1-3H3,(H,22,27). The van der Waals surface area contributed by atoms with E-state index in [4.69, 9.17) is 12.2 Å². The van der Waals surface area contributed by atoms with Crippen molar-refractivity contribution in [2.45, 2.75) is 26.7 Å². The van der Waals surface area contributed by atoms with E-state index in [1.165, 1.54) is 15.7 Å². The fraction of sp³-hybridized carbons (Fsp3) is 0.286. The number of rotatable bonds is 1. The topological polar surface area (TPSA) is 58.1 Å². The monoisotopic (exact) mass is 379 g/mol. The van der Waals surface area contributed by atoms with E-state index in [0.29, 0.717) is 27.8 Å². The van der Waals surface area contributed by atoms with Gasteiger partial charge in [0, 0.05) is 24.8 Å². The van der Waals surface area contributed by atoms with E-state index in [2.05, 4.69) is 31.0 Å². The minimum atomic E-state index is -0.165. The highest BCUT2D eigenvalue weighted by Crippen LogP contribution is 2.32. The average molecular weight is 379 g/mol. The number of anilines is 1. The van der Waals surface area contributed by atoms with E-state index in [9.17, 15) is 9.59 Å². The number of nitrogens with one attached hydrogen (secondary N) is 1. The van der Waals surface area contributed by atoms with E-state index in [1.807, 2.05) is 4.90 Å². The van der Waals surface area contributed by atoms with Gasteiger partial charge in [-0.1, -0.05) is 6.07 Å². The molecular formula is C21H21N3O2S. The van der Waals surface area contributed by atoms with Gasteiger partial charge in [-0.25, -0.2) is 0 Å². The maximum absolute atomic E-state index is 13.3. The highest BCUT2D eigenvalue weighted by atomic mass is 32.1. The molecule has 0 fully saturated rings. The number of hydrogen-bond acceptors (Lipinski definition) is 3. The molecule has 1 aromatic heterocycles. The predicted octanol–water partition coefficient (Wildman–Crippen LogP) is 3.81. The van der Waals surface area contributed by atoms with E-state index >= 15 is 0 Å². The summed E-state index contributed by atoms with van der Waals surface area (Å²) in [5, 5.41) is 0.522. The number of carbonyl (C=O) groups excluding carboxylic acids is 1. The number of carbonyl (C=O) groups is 1. The molecule has 2 aromatic carbocycles. The molecule has 6 heteroatoms. The maximum atomic E-state index is 13.3. The first-order valence-electron chi connectivity index (χ1n) is 9.02. The van der Waals surface area contributed by atoms with E-state index < -0.39 is 0 Å². The van der Waals surface area contributed by atoms with Crippen LogP contribution in [0.1, 0.15) is 33.5 Å². The molecule has 0 aliphatic carbocycles. The Morgan fingerprint density at radius 3 is 2.74 bits per heavy atom. The smallest absolute Gasteiger partial charge is 0.261 e. The molecule has 1 aliphatic rings. The van der Waals surface area contributed by atoms with Crippen molar-refractivity contribution in [3.63, 3.8) is 0 Å². The number of aromatic amines is 1. The van der Waals surface area contributed by atoms with E-state index in [1.54, 1.807) is 25.2 Å². The van der Waals surface area contributed by atoms with Crippen molar-refractivity contribution in [2.75, 3.05) is 11.4 Å². The van der Waals surface area contributed by atoms with Gasteiger partial charge in [-0.05, 0) is 79.9 Å². The number of amides is 1. The Morgan fingerprint density at radius 2 is 1.96 bits per heavy atom. The van der Waals surface area contributed by atoms with Gasteiger partial charge in [-0.3, -0.25) is 14.2 Å². The lowest BCUT2D eigenvalue weighted by molar-refractivity contribution is 0.0985. The molecule has 1 aliphatic heterocycles. The van der Waals surface area contributed by atoms with Gasteiger partial charge < -0.3 is 9.88 Å². The summed E-state index contributed by atoms with van der Waals surface area (Å²) in [7, 11) is 1.63. The van der Waals surface area contributed by atoms with Crippen LogP contribution >= 0.6 is 12.2 Å². The van der Waals surface area contributed by atoms with Gasteiger partial charge >= 0.3 is 0 Å². The van der Waals surface area contributed by atoms with E-state index in [-0.39, 0.29) is 11.5 Å². The molecule has 138 valence electrons. The van der Waals surface area contributed by atoms with E-state index in [0.717, 1.165) is 24.1 Å². The Hall–Kier alpha value is -2.73. The summed E-state index contributed by atoms with van der Waals surface area (Å²) in [6.07, 6.45) is 1.94. The first kappa shape index (κ1) is 17.7. The third-order valence-electron chi connectivity index (χ3n) is 5.29. The summed E-state index contributed by atoms with van der Waals surface area (Å²) in [4.78, 5) is 30.5. The molecule has 0 saturated carbocycles. The zero-order chi connectivity index (χ0) is 19.3. The molecule has 0 spiro atoms. The van der Waals surface area contributed by atoms with Crippen molar-refractivity contribution in [2.24, 2.45) is 7.05 Å². The Morgan fingerprint density at radius 1 is 1.19 bits per heavy atom. The third-order valence-corrected chi connectivity index (χ3v) is 5.66. The fourth-order valence-electron chi connectivity index (χ4n) is 3.88. The molecule has 3 aromatic rings. The summed E-state index contributed by atoms with van der Waals surface area (Å²) in [6.45, 7) is 4.85. The lowest BCUT2D eigenvalue weighted by atomic mass is 9.94. The van der Waals surface area contributed by atoms with Crippen LogP contribution in [0.15, 0.2) is 35.1 Å². The average Bonchev–Trinajstić information content (AvgIpc) is 2.64. The first-order valence-corrected chi connectivity index (χ1v) is 9.42. The number of nitrogens with zero attached hydrogens (tertiary/aromatic N) is 2. The highest BCUT2D eigenvalue weighted by Gasteiger charge is 2.25. The molecule has 5 nitrogen and oxygen atoms in total. The second-order valence-electron chi connectivity index (χ2n) is 7.19. The number of aryl methyl sites for hydroxylation is 2.